The van der Waals surface area contributed by atoms with Crippen molar-refractivity contribution in [2.24, 2.45) is 5.92 Å². The van der Waals surface area contributed by atoms with Crippen molar-refractivity contribution in [2.45, 2.75) is 38.3 Å². The lowest BCUT2D eigenvalue weighted by Gasteiger charge is -2.24. The third-order valence-corrected chi connectivity index (χ3v) is 5.07. The van der Waals surface area contributed by atoms with Gasteiger partial charge >= 0.3 is 0 Å². The molecule has 1 saturated carbocycles. The van der Waals surface area contributed by atoms with Crippen LogP contribution in [0.15, 0.2) is 0 Å². The summed E-state index contributed by atoms with van der Waals surface area (Å²) in [5.41, 5.74) is 5.88. The molecule has 1 saturated heterocycles. The number of anilines is 2. The molecular weight excluding hydrogens is 276 g/mol. The number of rotatable bonds is 4. The largest absolute Gasteiger partial charge is 0.394 e. The Balaban J connectivity index is 1.77. The van der Waals surface area contributed by atoms with E-state index in [0.717, 1.165) is 24.4 Å². The van der Waals surface area contributed by atoms with Crippen molar-refractivity contribution in [3.05, 3.63) is 4.88 Å². The standard InChI is InChI=1S/C13H20N4O2S/c1-7-4-5-17(9(7)6-18)12(19)10-11(14)16-13(20-10)15-8-2-3-8/h7-9,18H,2-6,14H2,1H3,(H,15,16). The molecule has 110 valence electrons. The van der Waals surface area contributed by atoms with E-state index in [-0.39, 0.29) is 18.6 Å². The Labute approximate surface area is 122 Å². The highest BCUT2D eigenvalue weighted by molar-refractivity contribution is 7.18. The first-order chi connectivity index (χ1) is 9.60. The zero-order valence-electron chi connectivity index (χ0n) is 11.5. The summed E-state index contributed by atoms with van der Waals surface area (Å²) in [6, 6.07) is 0.379. The number of nitrogens with two attached hydrogens (primary N) is 1. The predicted octanol–water partition coefficient (Wildman–Crippen LogP) is 1.14. The summed E-state index contributed by atoms with van der Waals surface area (Å²) in [6.45, 7) is 2.73. The van der Waals surface area contributed by atoms with Crippen molar-refractivity contribution in [3.8, 4) is 0 Å². The van der Waals surface area contributed by atoms with Crippen LogP contribution in [-0.4, -0.2) is 46.1 Å². The Morgan fingerprint density at radius 2 is 2.30 bits per heavy atom. The quantitative estimate of drug-likeness (QED) is 0.775. The molecule has 2 fully saturated rings. The van der Waals surface area contributed by atoms with Crippen molar-refractivity contribution >= 4 is 28.2 Å². The maximum absolute atomic E-state index is 12.6. The molecule has 0 spiro atoms. The van der Waals surface area contributed by atoms with Gasteiger partial charge in [-0.1, -0.05) is 18.3 Å². The molecule has 6 nitrogen and oxygen atoms in total. The summed E-state index contributed by atoms with van der Waals surface area (Å²) >= 11 is 1.32. The van der Waals surface area contributed by atoms with Gasteiger partial charge in [0.25, 0.3) is 5.91 Å². The molecule has 1 aliphatic carbocycles. The SMILES string of the molecule is CC1CCN(C(=O)c2sc(NC3CC3)nc2N)C1CO. The zero-order valence-corrected chi connectivity index (χ0v) is 12.3. The number of nitrogens with one attached hydrogen (secondary N) is 1. The maximum Gasteiger partial charge on any atom is 0.268 e. The van der Waals surface area contributed by atoms with Gasteiger partial charge in [0.05, 0.1) is 12.6 Å². The molecule has 0 bridgehead atoms. The van der Waals surface area contributed by atoms with Gasteiger partial charge in [0, 0.05) is 12.6 Å². The second-order valence-corrected chi connectivity index (χ2v) is 6.67. The monoisotopic (exact) mass is 296 g/mol. The van der Waals surface area contributed by atoms with Gasteiger partial charge in [0.15, 0.2) is 5.13 Å². The van der Waals surface area contributed by atoms with Crippen molar-refractivity contribution in [1.29, 1.82) is 0 Å². The predicted molar refractivity (Wildman–Crippen MR) is 78.9 cm³/mol. The normalized spacial score (nSPS) is 26.0. The number of aliphatic hydroxyl groups excluding tert-OH is 1. The van der Waals surface area contributed by atoms with Gasteiger partial charge in [-0.3, -0.25) is 4.79 Å². The van der Waals surface area contributed by atoms with E-state index in [2.05, 4.69) is 17.2 Å². The van der Waals surface area contributed by atoms with Gasteiger partial charge in [-0.05, 0) is 25.2 Å². The van der Waals surface area contributed by atoms with Crippen LogP contribution in [0.1, 0.15) is 35.9 Å². The number of nitrogen functional groups attached to an aromatic ring is 1. The summed E-state index contributed by atoms with van der Waals surface area (Å²) in [6.07, 6.45) is 3.22. The summed E-state index contributed by atoms with van der Waals surface area (Å²) in [7, 11) is 0. The van der Waals surface area contributed by atoms with E-state index in [4.69, 9.17) is 5.73 Å². The van der Waals surface area contributed by atoms with Crippen LogP contribution in [0.5, 0.6) is 0 Å². The van der Waals surface area contributed by atoms with Crippen LogP contribution in [0.4, 0.5) is 10.9 Å². The van der Waals surface area contributed by atoms with Gasteiger partial charge < -0.3 is 21.1 Å². The number of carbonyl (C=O) groups excluding carboxylic acids is 1. The second kappa shape index (κ2) is 5.21. The average Bonchev–Trinajstić information content (AvgIpc) is 3.03. The van der Waals surface area contributed by atoms with E-state index in [1.54, 1.807) is 4.90 Å². The van der Waals surface area contributed by atoms with Gasteiger partial charge in [-0.25, -0.2) is 4.98 Å². The van der Waals surface area contributed by atoms with E-state index in [1.807, 2.05) is 0 Å². The number of amides is 1. The zero-order chi connectivity index (χ0) is 14.3. The van der Waals surface area contributed by atoms with Crippen LogP contribution >= 0.6 is 11.3 Å². The fourth-order valence-corrected chi connectivity index (χ4v) is 3.54. The van der Waals surface area contributed by atoms with Gasteiger partial charge in [0.2, 0.25) is 0 Å². The first-order valence-corrected chi connectivity index (χ1v) is 7.86. The molecule has 1 aromatic heterocycles. The van der Waals surface area contributed by atoms with Crippen LogP contribution < -0.4 is 11.1 Å². The maximum atomic E-state index is 12.6. The number of aliphatic hydroxyl groups is 1. The molecule has 2 atom stereocenters. The molecule has 2 aliphatic rings. The van der Waals surface area contributed by atoms with Gasteiger partial charge in [-0.15, -0.1) is 0 Å². The minimum atomic E-state index is -0.108. The smallest absolute Gasteiger partial charge is 0.268 e. The molecular formula is C13H20N4O2S. The molecule has 0 radical (unpaired) electrons. The van der Waals surface area contributed by atoms with Crippen LogP contribution in [0.25, 0.3) is 0 Å². The van der Waals surface area contributed by atoms with Crippen LogP contribution in [0.2, 0.25) is 0 Å². The molecule has 3 rings (SSSR count). The van der Waals surface area contributed by atoms with Gasteiger partial charge in [0.1, 0.15) is 10.7 Å². The Hall–Kier alpha value is -1.34. The topological polar surface area (TPSA) is 91.5 Å². The number of hydrogen-bond acceptors (Lipinski definition) is 6. The molecule has 1 amide bonds. The highest BCUT2D eigenvalue weighted by Crippen LogP contribution is 2.33. The van der Waals surface area contributed by atoms with E-state index in [9.17, 15) is 9.90 Å². The Kier molecular flexibility index (Phi) is 3.55. The molecule has 20 heavy (non-hydrogen) atoms. The average molecular weight is 296 g/mol. The van der Waals surface area contributed by atoms with E-state index in [1.165, 1.54) is 11.3 Å². The third kappa shape index (κ3) is 2.47. The number of aromatic nitrogens is 1. The van der Waals surface area contributed by atoms with Crippen LogP contribution in [0, 0.1) is 5.92 Å². The molecule has 1 aromatic rings. The number of likely N-dealkylation sites (tertiary alicyclic amines) is 1. The van der Waals surface area contributed by atoms with Crippen molar-refractivity contribution in [3.63, 3.8) is 0 Å². The summed E-state index contributed by atoms with van der Waals surface area (Å²) < 4.78 is 0. The highest BCUT2D eigenvalue weighted by atomic mass is 32.1. The number of thiazole rings is 1. The summed E-state index contributed by atoms with van der Waals surface area (Å²) in [4.78, 5) is 19.0. The lowest BCUT2D eigenvalue weighted by atomic mass is 10.0. The van der Waals surface area contributed by atoms with Crippen LogP contribution in [-0.2, 0) is 0 Å². The number of nitrogens with zero attached hydrogens (tertiary/aromatic N) is 2. The minimum absolute atomic E-state index is 0.00119. The van der Waals surface area contributed by atoms with E-state index in [0.29, 0.717) is 29.2 Å². The van der Waals surface area contributed by atoms with Crippen LogP contribution in [0.3, 0.4) is 0 Å². The summed E-state index contributed by atoms with van der Waals surface area (Å²) in [5, 5.41) is 13.4. The highest BCUT2D eigenvalue weighted by Gasteiger charge is 2.36. The second-order valence-electron chi connectivity index (χ2n) is 5.67. The first-order valence-electron chi connectivity index (χ1n) is 7.04. The van der Waals surface area contributed by atoms with Crippen molar-refractivity contribution in [1.82, 2.24) is 9.88 Å². The fraction of sp³-hybridized carbons (Fsp3) is 0.692. The molecule has 4 N–H and O–H groups in total. The fourth-order valence-electron chi connectivity index (χ4n) is 2.62. The van der Waals surface area contributed by atoms with Crippen molar-refractivity contribution in [2.75, 3.05) is 24.2 Å². The Bertz CT molecular complexity index is 514. The molecule has 0 aromatic carbocycles. The third-order valence-electron chi connectivity index (χ3n) is 4.08. The minimum Gasteiger partial charge on any atom is -0.394 e. The lowest BCUT2D eigenvalue weighted by molar-refractivity contribution is 0.0654. The first kappa shape index (κ1) is 13.6. The van der Waals surface area contributed by atoms with Gasteiger partial charge in [-0.2, -0.15) is 0 Å². The Morgan fingerprint density at radius 3 is 2.95 bits per heavy atom. The number of carbonyl (C=O) groups is 1. The van der Waals surface area contributed by atoms with Crippen molar-refractivity contribution < 1.29 is 9.90 Å². The summed E-state index contributed by atoms with van der Waals surface area (Å²) in [5.74, 6) is 0.508. The molecule has 2 heterocycles. The lowest BCUT2D eigenvalue weighted by Crippen LogP contribution is -2.39. The van der Waals surface area contributed by atoms with E-state index >= 15 is 0 Å². The molecule has 2 unspecified atom stereocenters. The van der Waals surface area contributed by atoms with E-state index < -0.39 is 0 Å². The molecule has 7 heteroatoms. The molecule has 1 aliphatic heterocycles. The number of hydrogen-bond donors (Lipinski definition) is 3. The Morgan fingerprint density at radius 1 is 1.55 bits per heavy atom.